The second-order valence-electron chi connectivity index (χ2n) is 5.33. The van der Waals surface area contributed by atoms with Gasteiger partial charge in [0.15, 0.2) is 0 Å². The van der Waals surface area contributed by atoms with Gasteiger partial charge < -0.3 is 5.32 Å². The van der Waals surface area contributed by atoms with Crippen LogP contribution in [0.4, 0.5) is 17.5 Å². The van der Waals surface area contributed by atoms with Gasteiger partial charge in [-0.25, -0.2) is 10.8 Å². The molecule has 1 fully saturated rings. The van der Waals surface area contributed by atoms with Crippen LogP contribution in [0.3, 0.4) is 0 Å². The molecule has 0 radical (unpaired) electrons. The highest BCUT2D eigenvalue weighted by Crippen LogP contribution is 2.49. The highest BCUT2D eigenvalue weighted by atomic mass is 16.6. The van der Waals surface area contributed by atoms with Crippen LogP contribution < -0.4 is 16.6 Å². The van der Waals surface area contributed by atoms with Crippen molar-refractivity contribution < 1.29 is 4.92 Å². The Bertz CT molecular complexity index is 515. The molecule has 0 atom stereocenters. The molecule has 1 aliphatic rings. The number of nitrogens with two attached hydrogens (primary N) is 1. The zero-order chi connectivity index (χ0) is 14.8. The Morgan fingerprint density at radius 3 is 2.65 bits per heavy atom. The average Bonchev–Trinajstić information content (AvgIpc) is 3.16. The molecule has 0 aromatic carbocycles. The van der Waals surface area contributed by atoms with Crippen molar-refractivity contribution in [2.45, 2.75) is 39.5 Å². The van der Waals surface area contributed by atoms with Crippen LogP contribution in [0.15, 0.2) is 0 Å². The Morgan fingerprint density at radius 2 is 2.15 bits per heavy atom. The van der Waals surface area contributed by atoms with Crippen molar-refractivity contribution in [3.8, 4) is 0 Å². The third-order valence-corrected chi connectivity index (χ3v) is 3.74. The fourth-order valence-corrected chi connectivity index (χ4v) is 2.47. The van der Waals surface area contributed by atoms with E-state index in [1.165, 1.54) is 0 Å². The van der Waals surface area contributed by atoms with Crippen LogP contribution >= 0.6 is 0 Å². The van der Waals surface area contributed by atoms with Crippen LogP contribution in [0.2, 0.25) is 0 Å². The third-order valence-electron chi connectivity index (χ3n) is 3.74. The first kappa shape index (κ1) is 14.4. The zero-order valence-electron chi connectivity index (χ0n) is 11.8. The molecule has 4 N–H and O–H groups in total. The lowest BCUT2D eigenvalue weighted by Crippen LogP contribution is -2.19. The number of hydrogen-bond donors (Lipinski definition) is 3. The lowest BCUT2D eigenvalue weighted by molar-refractivity contribution is -0.385. The SMILES string of the molecule is CCCC1(CNc2nc(NN)nc(C)c2[N+](=O)[O-])CC1. The van der Waals surface area contributed by atoms with E-state index >= 15 is 0 Å². The number of aryl methyl sites for hydroxylation is 1. The summed E-state index contributed by atoms with van der Waals surface area (Å²) in [5.41, 5.74) is 2.81. The van der Waals surface area contributed by atoms with E-state index in [9.17, 15) is 10.1 Å². The van der Waals surface area contributed by atoms with Crippen molar-refractivity contribution in [3.05, 3.63) is 15.8 Å². The Balaban J connectivity index is 2.21. The molecule has 1 saturated carbocycles. The van der Waals surface area contributed by atoms with Crippen molar-refractivity contribution in [1.29, 1.82) is 0 Å². The van der Waals surface area contributed by atoms with E-state index in [0.29, 0.717) is 12.2 Å². The molecule has 0 unspecified atom stereocenters. The predicted octanol–water partition coefficient (Wildman–Crippen LogP) is 1.97. The van der Waals surface area contributed by atoms with Crippen molar-refractivity contribution in [1.82, 2.24) is 9.97 Å². The highest BCUT2D eigenvalue weighted by molar-refractivity contribution is 5.60. The van der Waals surface area contributed by atoms with Gasteiger partial charge in [0.05, 0.1) is 4.92 Å². The quantitative estimate of drug-likeness (QED) is 0.397. The Labute approximate surface area is 117 Å². The first-order valence-corrected chi connectivity index (χ1v) is 6.75. The standard InChI is InChI=1S/C12H20N6O2/c1-3-4-12(5-6-12)7-14-10-9(18(19)20)8(2)15-11(16-10)17-13/h3-7,13H2,1-2H3,(H2,14,15,16,17). The number of nitrogens with zero attached hydrogens (tertiary/aromatic N) is 3. The molecule has 0 spiro atoms. The second kappa shape index (κ2) is 5.58. The van der Waals surface area contributed by atoms with Crippen molar-refractivity contribution in [3.63, 3.8) is 0 Å². The Morgan fingerprint density at radius 1 is 1.45 bits per heavy atom. The minimum atomic E-state index is -0.461. The maximum atomic E-state index is 11.1. The van der Waals surface area contributed by atoms with Crippen LogP contribution in [-0.4, -0.2) is 21.4 Å². The van der Waals surface area contributed by atoms with E-state index in [4.69, 9.17) is 5.84 Å². The van der Waals surface area contributed by atoms with E-state index in [2.05, 4.69) is 27.6 Å². The Kier molecular flexibility index (Phi) is 4.03. The van der Waals surface area contributed by atoms with Gasteiger partial charge in [-0.1, -0.05) is 13.3 Å². The summed E-state index contributed by atoms with van der Waals surface area (Å²) in [5, 5.41) is 14.3. The molecule has 1 aromatic rings. The number of aromatic nitrogens is 2. The van der Waals surface area contributed by atoms with Gasteiger partial charge in [0.25, 0.3) is 0 Å². The topological polar surface area (TPSA) is 119 Å². The van der Waals surface area contributed by atoms with Crippen LogP contribution in [0.5, 0.6) is 0 Å². The molecule has 1 heterocycles. The second-order valence-corrected chi connectivity index (χ2v) is 5.33. The number of hydrogen-bond acceptors (Lipinski definition) is 7. The highest BCUT2D eigenvalue weighted by Gasteiger charge is 2.41. The van der Waals surface area contributed by atoms with Crippen LogP contribution in [0, 0.1) is 22.5 Å². The van der Waals surface area contributed by atoms with Gasteiger partial charge in [0.1, 0.15) is 5.69 Å². The van der Waals surface area contributed by atoms with Crippen LogP contribution in [0.25, 0.3) is 0 Å². The van der Waals surface area contributed by atoms with Gasteiger partial charge in [-0.15, -0.1) is 0 Å². The summed E-state index contributed by atoms with van der Waals surface area (Å²) < 4.78 is 0. The van der Waals surface area contributed by atoms with E-state index in [0.717, 1.165) is 25.7 Å². The molecule has 0 bridgehead atoms. The summed E-state index contributed by atoms with van der Waals surface area (Å²) in [7, 11) is 0. The maximum Gasteiger partial charge on any atom is 0.332 e. The molecule has 110 valence electrons. The fraction of sp³-hybridized carbons (Fsp3) is 0.667. The monoisotopic (exact) mass is 280 g/mol. The molecule has 0 saturated heterocycles. The van der Waals surface area contributed by atoms with Crippen molar-refractivity contribution >= 4 is 17.5 Å². The number of nitro groups is 1. The van der Waals surface area contributed by atoms with E-state index in [-0.39, 0.29) is 22.9 Å². The molecular weight excluding hydrogens is 260 g/mol. The van der Waals surface area contributed by atoms with Gasteiger partial charge >= 0.3 is 5.69 Å². The lowest BCUT2D eigenvalue weighted by Gasteiger charge is -2.16. The number of rotatable bonds is 7. The molecule has 2 rings (SSSR count). The summed E-state index contributed by atoms with van der Waals surface area (Å²) in [4.78, 5) is 18.7. The molecule has 0 aliphatic heterocycles. The maximum absolute atomic E-state index is 11.1. The summed E-state index contributed by atoms with van der Waals surface area (Å²) in [5.74, 6) is 5.69. The van der Waals surface area contributed by atoms with Gasteiger partial charge in [-0.2, -0.15) is 4.98 Å². The Hall–Kier alpha value is -1.96. The minimum absolute atomic E-state index is 0.0868. The summed E-state index contributed by atoms with van der Waals surface area (Å²) in [6.45, 7) is 4.42. The first-order chi connectivity index (χ1) is 9.51. The lowest BCUT2D eigenvalue weighted by atomic mass is 10.0. The number of nitrogens with one attached hydrogen (secondary N) is 2. The average molecular weight is 280 g/mol. The largest absolute Gasteiger partial charge is 0.364 e. The molecule has 20 heavy (non-hydrogen) atoms. The molecule has 8 nitrogen and oxygen atoms in total. The summed E-state index contributed by atoms with van der Waals surface area (Å²) in [6, 6.07) is 0. The van der Waals surface area contributed by atoms with Crippen molar-refractivity contribution in [2.24, 2.45) is 11.3 Å². The predicted molar refractivity (Wildman–Crippen MR) is 76.3 cm³/mol. The van der Waals surface area contributed by atoms with Gasteiger partial charge in [-0.3, -0.25) is 15.5 Å². The van der Waals surface area contributed by atoms with E-state index in [1.54, 1.807) is 6.92 Å². The molecule has 8 heteroatoms. The smallest absolute Gasteiger partial charge is 0.332 e. The number of hydrazine groups is 1. The minimum Gasteiger partial charge on any atom is -0.364 e. The van der Waals surface area contributed by atoms with Crippen LogP contribution in [0.1, 0.15) is 38.3 Å². The third kappa shape index (κ3) is 2.96. The van der Waals surface area contributed by atoms with Gasteiger partial charge in [0, 0.05) is 6.54 Å². The van der Waals surface area contributed by atoms with E-state index < -0.39 is 4.92 Å². The molecule has 1 aromatic heterocycles. The first-order valence-electron chi connectivity index (χ1n) is 6.75. The van der Waals surface area contributed by atoms with Gasteiger partial charge in [0.2, 0.25) is 11.8 Å². The molecular formula is C12H20N6O2. The van der Waals surface area contributed by atoms with Crippen LogP contribution in [-0.2, 0) is 0 Å². The molecule has 1 aliphatic carbocycles. The normalized spacial score (nSPS) is 15.8. The molecule has 0 amide bonds. The fourth-order valence-electron chi connectivity index (χ4n) is 2.47. The number of nitrogen functional groups attached to an aromatic ring is 1. The van der Waals surface area contributed by atoms with E-state index in [1.807, 2.05) is 0 Å². The number of anilines is 2. The zero-order valence-corrected chi connectivity index (χ0v) is 11.8. The summed E-state index contributed by atoms with van der Waals surface area (Å²) in [6.07, 6.45) is 4.56. The summed E-state index contributed by atoms with van der Waals surface area (Å²) >= 11 is 0. The van der Waals surface area contributed by atoms with Crippen molar-refractivity contribution in [2.75, 3.05) is 17.3 Å². The van der Waals surface area contributed by atoms with Gasteiger partial charge in [-0.05, 0) is 31.6 Å².